The molecule has 0 aliphatic carbocycles. The number of anilines is 1. The highest BCUT2D eigenvalue weighted by atomic mass is 35.5. The third kappa shape index (κ3) is 3.48. The summed E-state index contributed by atoms with van der Waals surface area (Å²) < 4.78 is 0. The summed E-state index contributed by atoms with van der Waals surface area (Å²) in [5.74, 6) is 1.52. The molecule has 0 bridgehead atoms. The summed E-state index contributed by atoms with van der Waals surface area (Å²) >= 11 is 6.02. The van der Waals surface area contributed by atoms with E-state index in [0.717, 1.165) is 48.8 Å². The van der Waals surface area contributed by atoms with Crippen LogP contribution < -0.4 is 10.2 Å². The summed E-state index contributed by atoms with van der Waals surface area (Å²) in [4.78, 5) is 7.12. The van der Waals surface area contributed by atoms with Crippen LogP contribution in [-0.4, -0.2) is 41.4 Å². The molecule has 1 aliphatic rings. The summed E-state index contributed by atoms with van der Waals surface area (Å²) in [6.07, 6.45) is 0. The molecule has 1 saturated heterocycles. The van der Waals surface area contributed by atoms with Gasteiger partial charge in [-0.3, -0.25) is 0 Å². The summed E-state index contributed by atoms with van der Waals surface area (Å²) in [7, 11) is 0. The van der Waals surface area contributed by atoms with Crippen LogP contribution in [0.3, 0.4) is 0 Å². The van der Waals surface area contributed by atoms with Crippen LogP contribution in [0.4, 0.5) is 5.82 Å². The zero-order valence-corrected chi connectivity index (χ0v) is 14.4. The Balaban J connectivity index is 1.81. The Bertz CT molecular complexity index is 845. The molecule has 126 valence electrons. The molecular weight excluding hydrogens is 334 g/mol. The van der Waals surface area contributed by atoms with Crippen LogP contribution in [0.5, 0.6) is 0 Å². The van der Waals surface area contributed by atoms with Crippen LogP contribution in [0, 0.1) is 0 Å². The van der Waals surface area contributed by atoms with Gasteiger partial charge >= 0.3 is 0 Å². The van der Waals surface area contributed by atoms with Crippen molar-refractivity contribution in [2.75, 3.05) is 31.1 Å². The number of rotatable bonds is 3. The minimum atomic E-state index is 0.645. The Hall–Kier alpha value is -2.50. The van der Waals surface area contributed by atoms with Crippen LogP contribution in [0.15, 0.2) is 54.6 Å². The second-order valence-corrected chi connectivity index (χ2v) is 6.35. The fraction of sp³-hybridized carbons (Fsp3) is 0.211. The molecule has 1 N–H and O–H groups in total. The molecular formula is C19H18ClN5. The van der Waals surface area contributed by atoms with Crippen LogP contribution in [0.25, 0.3) is 22.6 Å². The zero-order chi connectivity index (χ0) is 17.1. The molecule has 1 aliphatic heterocycles. The first-order chi connectivity index (χ1) is 12.3. The lowest BCUT2D eigenvalue weighted by Crippen LogP contribution is -2.44. The molecule has 25 heavy (non-hydrogen) atoms. The second kappa shape index (κ2) is 7.17. The molecule has 0 radical (unpaired) electrons. The van der Waals surface area contributed by atoms with Crippen LogP contribution >= 0.6 is 11.6 Å². The fourth-order valence-electron chi connectivity index (χ4n) is 2.92. The van der Waals surface area contributed by atoms with Crippen LogP contribution in [0.2, 0.25) is 5.02 Å². The van der Waals surface area contributed by atoms with Crippen molar-refractivity contribution in [1.82, 2.24) is 20.5 Å². The lowest BCUT2D eigenvalue weighted by Gasteiger charge is -2.29. The number of piperazine rings is 1. The van der Waals surface area contributed by atoms with Crippen molar-refractivity contribution in [3.8, 4) is 22.6 Å². The second-order valence-electron chi connectivity index (χ2n) is 5.92. The van der Waals surface area contributed by atoms with Crippen molar-refractivity contribution in [3.05, 3.63) is 59.6 Å². The van der Waals surface area contributed by atoms with E-state index in [1.54, 1.807) is 0 Å². The Labute approximate surface area is 151 Å². The number of halogens is 1. The molecule has 1 fully saturated rings. The monoisotopic (exact) mass is 351 g/mol. The van der Waals surface area contributed by atoms with Gasteiger partial charge in [0.2, 0.25) is 0 Å². The van der Waals surface area contributed by atoms with Gasteiger partial charge in [-0.25, -0.2) is 4.98 Å². The van der Waals surface area contributed by atoms with E-state index >= 15 is 0 Å². The molecule has 3 aromatic rings. The first kappa shape index (κ1) is 16.0. The van der Waals surface area contributed by atoms with E-state index in [4.69, 9.17) is 16.6 Å². The Morgan fingerprint density at radius 2 is 1.56 bits per heavy atom. The van der Waals surface area contributed by atoms with Gasteiger partial charge in [-0.1, -0.05) is 54.1 Å². The number of nitrogens with zero attached hydrogens (tertiary/aromatic N) is 4. The van der Waals surface area contributed by atoms with E-state index in [1.807, 2.05) is 54.6 Å². The predicted octanol–water partition coefficient (Wildman–Crippen LogP) is 3.27. The van der Waals surface area contributed by atoms with Crippen molar-refractivity contribution in [1.29, 1.82) is 0 Å². The average Bonchev–Trinajstić information content (AvgIpc) is 2.70. The van der Waals surface area contributed by atoms with Gasteiger partial charge in [0.25, 0.3) is 0 Å². The highest BCUT2D eigenvalue weighted by molar-refractivity contribution is 6.30. The Kier molecular flexibility index (Phi) is 4.59. The van der Waals surface area contributed by atoms with Gasteiger partial charge in [0.05, 0.1) is 0 Å². The zero-order valence-electron chi connectivity index (χ0n) is 13.7. The number of nitrogens with one attached hydrogen (secondary N) is 1. The molecule has 0 amide bonds. The minimum Gasteiger partial charge on any atom is -0.352 e. The molecule has 0 atom stereocenters. The molecule has 1 aromatic heterocycles. The summed E-state index contributed by atoms with van der Waals surface area (Å²) in [5.41, 5.74) is 2.73. The molecule has 2 aromatic carbocycles. The number of hydrogen-bond donors (Lipinski definition) is 1. The maximum atomic E-state index is 6.02. The smallest absolute Gasteiger partial charge is 0.183 e. The standard InChI is InChI=1S/C19H18ClN5/c20-16-8-6-14(7-9-16)17-19(25-12-10-21-11-13-25)22-18(24-23-17)15-4-2-1-3-5-15/h1-9,21H,10-13H2. The van der Waals surface area contributed by atoms with Gasteiger partial charge in [-0.05, 0) is 12.1 Å². The van der Waals surface area contributed by atoms with Crippen molar-refractivity contribution >= 4 is 17.4 Å². The number of aromatic nitrogens is 3. The summed E-state index contributed by atoms with van der Waals surface area (Å²) in [6.45, 7) is 3.66. The lowest BCUT2D eigenvalue weighted by atomic mass is 10.1. The number of benzene rings is 2. The Morgan fingerprint density at radius 1 is 0.840 bits per heavy atom. The summed E-state index contributed by atoms with van der Waals surface area (Å²) in [5, 5.41) is 13.0. The van der Waals surface area contributed by atoms with Crippen molar-refractivity contribution in [2.45, 2.75) is 0 Å². The SMILES string of the molecule is Clc1ccc(-c2nnc(-c3ccccc3)nc2N2CCNCC2)cc1. The topological polar surface area (TPSA) is 53.9 Å². The molecule has 5 nitrogen and oxygen atoms in total. The van der Waals surface area contributed by atoms with E-state index in [1.165, 1.54) is 0 Å². The predicted molar refractivity (Wildman–Crippen MR) is 101 cm³/mol. The first-order valence-corrected chi connectivity index (χ1v) is 8.71. The van der Waals surface area contributed by atoms with E-state index in [0.29, 0.717) is 10.8 Å². The van der Waals surface area contributed by atoms with Gasteiger partial charge in [0.15, 0.2) is 11.6 Å². The van der Waals surface area contributed by atoms with Gasteiger partial charge < -0.3 is 10.2 Å². The van der Waals surface area contributed by atoms with Crippen LogP contribution in [-0.2, 0) is 0 Å². The van der Waals surface area contributed by atoms with Crippen LogP contribution in [0.1, 0.15) is 0 Å². The molecule has 0 unspecified atom stereocenters. The molecule has 4 rings (SSSR count). The van der Waals surface area contributed by atoms with Crippen molar-refractivity contribution < 1.29 is 0 Å². The highest BCUT2D eigenvalue weighted by Gasteiger charge is 2.20. The van der Waals surface area contributed by atoms with E-state index in [-0.39, 0.29) is 0 Å². The largest absolute Gasteiger partial charge is 0.352 e. The lowest BCUT2D eigenvalue weighted by molar-refractivity contribution is 0.584. The van der Waals surface area contributed by atoms with Crippen molar-refractivity contribution in [3.63, 3.8) is 0 Å². The molecule has 0 spiro atoms. The third-order valence-electron chi connectivity index (χ3n) is 4.23. The quantitative estimate of drug-likeness (QED) is 0.785. The van der Waals surface area contributed by atoms with Gasteiger partial charge in [0.1, 0.15) is 5.69 Å². The molecule has 0 saturated carbocycles. The number of hydrogen-bond acceptors (Lipinski definition) is 5. The maximum absolute atomic E-state index is 6.02. The normalized spacial score (nSPS) is 14.5. The summed E-state index contributed by atoms with van der Waals surface area (Å²) in [6, 6.07) is 17.6. The minimum absolute atomic E-state index is 0.645. The van der Waals surface area contributed by atoms with E-state index < -0.39 is 0 Å². The van der Waals surface area contributed by atoms with E-state index in [9.17, 15) is 0 Å². The van der Waals surface area contributed by atoms with Gasteiger partial charge in [-0.2, -0.15) is 0 Å². The Morgan fingerprint density at radius 3 is 2.28 bits per heavy atom. The highest BCUT2D eigenvalue weighted by Crippen LogP contribution is 2.29. The van der Waals surface area contributed by atoms with Gasteiger partial charge in [-0.15, -0.1) is 10.2 Å². The molecule has 2 heterocycles. The van der Waals surface area contributed by atoms with E-state index in [2.05, 4.69) is 20.4 Å². The first-order valence-electron chi connectivity index (χ1n) is 8.33. The third-order valence-corrected chi connectivity index (χ3v) is 4.49. The fourth-order valence-corrected chi connectivity index (χ4v) is 3.04. The van der Waals surface area contributed by atoms with Gasteiger partial charge in [0, 0.05) is 42.3 Å². The maximum Gasteiger partial charge on any atom is 0.183 e. The van der Waals surface area contributed by atoms with Crippen molar-refractivity contribution in [2.24, 2.45) is 0 Å². The average molecular weight is 352 g/mol. The molecule has 6 heteroatoms.